The van der Waals surface area contributed by atoms with E-state index >= 15 is 0 Å². The van der Waals surface area contributed by atoms with E-state index in [1.54, 1.807) is 12.4 Å². The SMILES string of the molecule is COCC(=O)NC[C@@H]1CCC[C@]2(CCN(c3ncccn3)C2)O1.O=C(O)C(F)(F)F. The molecule has 2 aliphatic heterocycles. The molecule has 1 aromatic heterocycles. The second-order valence-corrected chi connectivity index (χ2v) is 7.08. The van der Waals surface area contributed by atoms with Gasteiger partial charge in [-0.3, -0.25) is 4.79 Å². The molecule has 9 nitrogen and oxygen atoms in total. The largest absolute Gasteiger partial charge is 0.490 e. The van der Waals surface area contributed by atoms with Crippen LogP contribution in [-0.4, -0.2) is 78.2 Å². The molecule has 2 N–H and O–H groups in total. The Morgan fingerprint density at radius 2 is 2.03 bits per heavy atom. The Bertz CT molecular complexity index is 707. The number of nitrogens with one attached hydrogen (secondary N) is 1. The number of carbonyl (C=O) groups is 2. The highest BCUT2D eigenvalue weighted by molar-refractivity contribution is 5.77. The summed E-state index contributed by atoms with van der Waals surface area (Å²) < 4.78 is 42.9. The minimum Gasteiger partial charge on any atom is -0.475 e. The lowest BCUT2D eigenvalue weighted by Crippen LogP contribution is -2.47. The normalized spacial score (nSPS) is 23.6. The van der Waals surface area contributed by atoms with Crippen LogP contribution in [0.15, 0.2) is 18.5 Å². The molecule has 0 bridgehead atoms. The summed E-state index contributed by atoms with van der Waals surface area (Å²) in [5, 5.41) is 10.0. The van der Waals surface area contributed by atoms with E-state index in [9.17, 15) is 18.0 Å². The molecule has 2 fully saturated rings. The first kappa shape index (κ1) is 23.8. The number of methoxy groups -OCH3 is 1. The van der Waals surface area contributed by atoms with Gasteiger partial charge in [0.1, 0.15) is 6.61 Å². The molecule has 3 heterocycles. The summed E-state index contributed by atoms with van der Waals surface area (Å²) in [4.78, 5) is 31.3. The third-order valence-corrected chi connectivity index (χ3v) is 4.77. The van der Waals surface area contributed by atoms with Gasteiger partial charge >= 0.3 is 12.1 Å². The smallest absolute Gasteiger partial charge is 0.475 e. The van der Waals surface area contributed by atoms with Gasteiger partial charge in [0.05, 0.1) is 11.7 Å². The maximum Gasteiger partial charge on any atom is 0.490 e. The first-order valence-electron chi connectivity index (χ1n) is 9.41. The maximum atomic E-state index is 11.5. The fourth-order valence-corrected chi connectivity index (χ4v) is 3.45. The van der Waals surface area contributed by atoms with E-state index in [-0.39, 0.29) is 24.2 Å². The van der Waals surface area contributed by atoms with Gasteiger partial charge in [0.25, 0.3) is 0 Å². The Kier molecular flexibility index (Phi) is 8.35. The Balaban J connectivity index is 0.000000396. The summed E-state index contributed by atoms with van der Waals surface area (Å²) in [7, 11) is 1.52. The number of carboxylic acid groups (broad SMARTS) is 1. The summed E-state index contributed by atoms with van der Waals surface area (Å²) >= 11 is 0. The molecule has 1 spiro atoms. The molecule has 168 valence electrons. The summed E-state index contributed by atoms with van der Waals surface area (Å²) in [5.74, 6) is -2.09. The van der Waals surface area contributed by atoms with Gasteiger partial charge in [-0.15, -0.1) is 0 Å². The zero-order valence-electron chi connectivity index (χ0n) is 16.5. The van der Waals surface area contributed by atoms with Crippen LogP contribution in [0.1, 0.15) is 25.7 Å². The standard InChI is InChI=1S/C16H24N4O3.C2HF3O2/c1-22-11-14(21)19-10-13-4-2-5-16(23-13)6-9-20(12-16)15-17-7-3-8-18-15;3-2(4,5)1(6)7/h3,7-8,13H,2,4-6,9-12H2,1H3,(H,19,21);(H,6,7)/t13-,16+;/m0./s1. The monoisotopic (exact) mass is 434 g/mol. The maximum absolute atomic E-state index is 11.5. The van der Waals surface area contributed by atoms with Crippen LogP contribution in [0, 0.1) is 0 Å². The van der Waals surface area contributed by atoms with Gasteiger partial charge in [-0.2, -0.15) is 13.2 Å². The highest BCUT2D eigenvalue weighted by atomic mass is 19.4. The first-order valence-corrected chi connectivity index (χ1v) is 9.41. The van der Waals surface area contributed by atoms with Gasteiger partial charge in [-0.05, 0) is 31.7 Å². The Labute approximate surface area is 171 Å². The summed E-state index contributed by atoms with van der Waals surface area (Å²) in [6.07, 6.45) is 2.66. The molecule has 0 aliphatic carbocycles. The first-order chi connectivity index (χ1) is 14.1. The van der Waals surface area contributed by atoms with Crippen molar-refractivity contribution in [1.29, 1.82) is 0 Å². The zero-order chi connectivity index (χ0) is 22.2. The molecule has 0 radical (unpaired) electrons. The van der Waals surface area contributed by atoms with Crippen LogP contribution >= 0.6 is 0 Å². The van der Waals surface area contributed by atoms with Gasteiger partial charge in [-0.1, -0.05) is 0 Å². The molecule has 1 aromatic rings. The lowest BCUT2D eigenvalue weighted by atomic mass is 9.90. The molecular weight excluding hydrogens is 409 g/mol. The zero-order valence-corrected chi connectivity index (χ0v) is 16.5. The van der Waals surface area contributed by atoms with E-state index in [1.807, 2.05) is 6.07 Å². The van der Waals surface area contributed by atoms with E-state index in [0.717, 1.165) is 44.7 Å². The van der Waals surface area contributed by atoms with Gasteiger partial charge in [-0.25, -0.2) is 14.8 Å². The predicted molar refractivity (Wildman–Crippen MR) is 98.9 cm³/mol. The molecule has 2 aliphatic rings. The second-order valence-electron chi connectivity index (χ2n) is 7.08. The average Bonchev–Trinajstić information content (AvgIpc) is 3.10. The number of hydrogen-bond acceptors (Lipinski definition) is 7. The molecule has 30 heavy (non-hydrogen) atoms. The highest BCUT2D eigenvalue weighted by Crippen LogP contribution is 2.37. The van der Waals surface area contributed by atoms with Crippen LogP contribution in [0.4, 0.5) is 19.1 Å². The van der Waals surface area contributed by atoms with Crippen LogP contribution in [0.5, 0.6) is 0 Å². The number of carboxylic acids is 1. The molecule has 2 saturated heterocycles. The van der Waals surface area contributed by atoms with E-state index in [1.165, 1.54) is 7.11 Å². The fourth-order valence-electron chi connectivity index (χ4n) is 3.45. The predicted octanol–water partition coefficient (Wildman–Crippen LogP) is 1.39. The summed E-state index contributed by atoms with van der Waals surface area (Å²) in [5.41, 5.74) is -0.131. The second kappa shape index (κ2) is 10.5. The van der Waals surface area contributed by atoms with Crippen molar-refractivity contribution in [1.82, 2.24) is 15.3 Å². The van der Waals surface area contributed by atoms with Crippen molar-refractivity contribution in [3.05, 3.63) is 18.5 Å². The highest BCUT2D eigenvalue weighted by Gasteiger charge is 2.43. The Morgan fingerprint density at radius 1 is 1.37 bits per heavy atom. The minimum atomic E-state index is -5.08. The van der Waals surface area contributed by atoms with Crippen LogP contribution in [0.2, 0.25) is 0 Å². The molecule has 2 atom stereocenters. The van der Waals surface area contributed by atoms with Gasteiger partial charge in [0.15, 0.2) is 0 Å². The van der Waals surface area contributed by atoms with Crippen molar-refractivity contribution in [3.8, 4) is 0 Å². The van der Waals surface area contributed by atoms with Crippen molar-refractivity contribution in [2.24, 2.45) is 0 Å². The fraction of sp³-hybridized carbons (Fsp3) is 0.667. The van der Waals surface area contributed by atoms with E-state index in [0.29, 0.717) is 6.54 Å². The number of amides is 1. The molecule has 0 saturated carbocycles. The third kappa shape index (κ3) is 7.10. The van der Waals surface area contributed by atoms with E-state index < -0.39 is 12.1 Å². The molecule has 0 unspecified atom stereocenters. The number of nitrogens with zero attached hydrogens (tertiary/aromatic N) is 3. The van der Waals surface area contributed by atoms with Crippen molar-refractivity contribution < 1.29 is 37.3 Å². The Hall–Kier alpha value is -2.47. The lowest BCUT2D eigenvalue weighted by Gasteiger charge is -2.38. The van der Waals surface area contributed by atoms with E-state index in [4.69, 9.17) is 19.4 Å². The number of aliphatic carboxylic acids is 1. The van der Waals surface area contributed by atoms with Crippen molar-refractivity contribution in [2.45, 2.75) is 43.6 Å². The number of alkyl halides is 3. The average molecular weight is 434 g/mol. The molecule has 0 aromatic carbocycles. The number of carbonyl (C=O) groups excluding carboxylic acids is 1. The van der Waals surface area contributed by atoms with Crippen LogP contribution in [0.25, 0.3) is 0 Å². The van der Waals surface area contributed by atoms with Crippen LogP contribution < -0.4 is 10.2 Å². The van der Waals surface area contributed by atoms with Crippen LogP contribution in [-0.2, 0) is 19.1 Å². The number of rotatable bonds is 5. The lowest BCUT2D eigenvalue weighted by molar-refractivity contribution is -0.192. The third-order valence-electron chi connectivity index (χ3n) is 4.77. The number of hydrogen-bond donors (Lipinski definition) is 2. The molecule has 3 rings (SSSR count). The number of anilines is 1. The number of ether oxygens (including phenoxy) is 2. The van der Waals surface area contributed by atoms with Crippen molar-refractivity contribution in [3.63, 3.8) is 0 Å². The molecule has 12 heteroatoms. The number of halogens is 3. The topological polar surface area (TPSA) is 114 Å². The van der Waals surface area contributed by atoms with Gasteiger partial charge < -0.3 is 24.8 Å². The molecule has 1 amide bonds. The van der Waals surface area contributed by atoms with Crippen molar-refractivity contribution in [2.75, 3.05) is 38.3 Å². The van der Waals surface area contributed by atoms with E-state index in [2.05, 4.69) is 20.2 Å². The van der Waals surface area contributed by atoms with Gasteiger partial charge in [0.2, 0.25) is 11.9 Å². The molecular formula is C18H25F3N4O5. The van der Waals surface area contributed by atoms with Crippen LogP contribution in [0.3, 0.4) is 0 Å². The quantitative estimate of drug-likeness (QED) is 0.715. The Morgan fingerprint density at radius 3 is 2.63 bits per heavy atom. The van der Waals surface area contributed by atoms with Crippen molar-refractivity contribution >= 4 is 17.8 Å². The van der Waals surface area contributed by atoms with Gasteiger partial charge in [0, 0.05) is 39.1 Å². The summed E-state index contributed by atoms with van der Waals surface area (Å²) in [6, 6.07) is 1.82. The minimum absolute atomic E-state index is 0.0706. The number of aromatic nitrogens is 2. The summed E-state index contributed by atoms with van der Waals surface area (Å²) in [6.45, 7) is 2.37.